The van der Waals surface area contributed by atoms with E-state index in [-0.39, 0.29) is 11.9 Å². The summed E-state index contributed by atoms with van der Waals surface area (Å²) in [6.45, 7) is 5.92. The molecule has 0 aromatic carbocycles. The Balaban J connectivity index is 2.36. The van der Waals surface area contributed by atoms with Crippen molar-refractivity contribution >= 4 is 5.91 Å². The molecule has 0 aromatic rings. The SMILES string of the molecule is C#CCN1CCN(C(=O)[C@H](N)CCC)CC1. The van der Waals surface area contributed by atoms with Crippen LogP contribution in [0.25, 0.3) is 0 Å². The van der Waals surface area contributed by atoms with Gasteiger partial charge < -0.3 is 10.6 Å². The molecule has 1 atom stereocenters. The van der Waals surface area contributed by atoms with Crippen LogP contribution in [0.1, 0.15) is 19.8 Å². The molecule has 1 amide bonds. The maximum absolute atomic E-state index is 11.9. The van der Waals surface area contributed by atoms with Crippen molar-refractivity contribution in [1.29, 1.82) is 0 Å². The molecule has 1 saturated heterocycles. The zero-order valence-corrected chi connectivity index (χ0v) is 9.98. The van der Waals surface area contributed by atoms with E-state index in [4.69, 9.17) is 12.2 Å². The maximum atomic E-state index is 11.9. The van der Waals surface area contributed by atoms with Crippen LogP contribution >= 0.6 is 0 Å². The predicted octanol–water partition coefficient (Wildman–Crippen LogP) is -0.109. The molecule has 1 aliphatic heterocycles. The first-order valence-electron chi connectivity index (χ1n) is 5.89. The quantitative estimate of drug-likeness (QED) is 0.677. The summed E-state index contributed by atoms with van der Waals surface area (Å²) in [6.07, 6.45) is 6.97. The molecule has 0 saturated carbocycles. The van der Waals surface area contributed by atoms with Gasteiger partial charge in [-0.25, -0.2) is 0 Å². The normalized spacial score (nSPS) is 19.2. The summed E-state index contributed by atoms with van der Waals surface area (Å²) >= 11 is 0. The molecular formula is C12H21N3O. The minimum atomic E-state index is -0.329. The number of rotatable bonds is 4. The summed E-state index contributed by atoms with van der Waals surface area (Å²) in [7, 11) is 0. The average Bonchev–Trinajstić information content (AvgIpc) is 2.30. The summed E-state index contributed by atoms with van der Waals surface area (Å²) < 4.78 is 0. The van der Waals surface area contributed by atoms with Crippen LogP contribution in [-0.2, 0) is 4.79 Å². The molecule has 4 nitrogen and oxygen atoms in total. The molecule has 4 heteroatoms. The molecule has 1 heterocycles. The lowest BCUT2D eigenvalue weighted by atomic mass is 10.1. The molecule has 1 fully saturated rings. The summed E-state index contributed by atoms with van der Waals surface area (Å²) in [6, 6.07) is -0.329. The number of hydrogen-bond acceptors (Lipinski definition) is 3. The summed E-state index contributed by atoms with van der Waals surface area (Å²) in [5.74, 6) is 2.71. The largest absolute Gasteiger partial charge is 0.339 e. The molecule has 0 aliphatic carbocycles. The molecule has 90 valence electrons. The number of carbonyl (C=O) groups is 1. The van der Waals surface area contributed by atoms with Gasteiger partial charge in [-0.2, -0.15) is 0 Å². The van der Waals surface area contributed by atoms with Crippen LogP contribution in [0, 0.1) is 12.3 Å². The number of piperazine rings is 1. The maximum Gasteiger partial charge on any atom is 0.239 e. The van der Waals surface area contributed by atoms with Gasteiger partial charge in [0.1, 0.15) is 0 Å². The van der Waals surface area contributed by atoms with Crippen LogP contribution in [0.15, 0.2) is 0 Å². The Bertz CT molecular complexity index is 264. The first-order valence-corrected chi connectivity index (χ1v) is 5.89. The molecule has 0 unspecified atom stereocenters. The summed E-state index contributed by atoms with van der Waals surface area (Å²) in [4.78, 5) is 15.9. The van der Waals surface area contributed by atoms with Gasteiger partial charge in [0.05, 0.1) is 12.6 Å². The lowest BCUT2D eigenvalue weighted by Gasteiger charge is -2.34. The Kier molecular flexibility index (Phi) is 5.30. The number of amides is 1. The van der Waals surface area contributed by atoms with Gasteiger partial charge in [-0.1, -0.05) is 19.3 Å². The average molecular weight is 223 g/mol. The van der Waals surface area contributed by atoms with E-state index in [2.05, 4.69) is 10.8 Å². The van der Waals surface area contributed by atoms with E-state index in [0.717, 1.165) is 39.0 Å². The highest BCUT2D eigenvalue weighted by atomic mass is 16.2. The Morgan fingerprint density at radius 2 is 2.06 bits per heavy atom. The minimum absolute atomic E-state index is 0.0854. The van der Waals surface area contributed by atoms with Gasteiger partial charge in [0.15, 0.2) is 0 Å². The van der Waals surface area contributed by atoms with E-state index >= 15 is 0 Å². The number of terminal acetylenes is 1. The van der Waals surface area contributed by atoms with Crippen LogP contribution in [0.3, 0.4) is 0 Å². The molecule has 1 rings (SSSR count). The molecule has 0 bridgehead atoms. The van der Waals surface area contributed by atoms with Gasteiger partial charge >= 0.3 is 0 Å². The van der Waals surface area contributed by atoms with Gasteiger partial charge in [0.25, 0.3) is 0 Å². The Morgan fingerprint density at radius 3 is 2.56 bits per heavy atom. The van der Waals surface area contributed by atoms with Gasteiger partial charge in [-0.15, -0.1) is 6.42 Å². The smallest absolute Gasteiger partial charge is 0.239 e. The van der Waals surface area contributed by atoms with Crippen molar-refractivity contribution in [3.8, 4) is 12.3 Å². The fourth-order valence-electron chi connectivity index (χ4n) is 1.92. The van der Waals surface area contributed by atoms with Gasteiger partial charge in [0, 0.05) is 26.2 Å². The van der Waals surface area contributed by atoms with E-state index in [0.29, 0.717) is 6.54 Å². The van der Waals surface area contributed by atoms with E-state index in [1.807, 2.05) is 11.8 Å². The number of hydrogen-bond donors (Lipinski definition) is 1. The van der Waals surface area contributed by atoms with Gasteiger partial charge in [-0.05, 0) is 6.42 Å². The molecule has 0 aromatic heterocycles. The van der Waals surface area contributed by atoms with Gasteiger partial charge in [0.2, 0.25) is 5.91 Å². The molecule has 2 N–H and O–H groups in total. The third-order valence-electron chi connectivity index (χ3n) is 2.92. The summed E-state index contributed by atoms with van der Waals surface area (Å²) in [5.41, 5.74) is 5.81. The lowest BCUT2D eigenvalue weighted by molar-refractivity contribution is -0.134. The van der Waals surface area contributed by atoms with Crippen molar-refractivity contribution < 1.29 is 4.79 Å². The standard InChI is InChI=1S/C12H21N3O/c1-3-5-11(13)12(16)15-9-7-14(6-4-2)8-10-15/h2,11H,3,5-10,13H2,1H3/t11-/m1/s1. The van der Waals surface area contributed by atoms with E-state index in [9.17, 15) is 4.79 Å². The Morgan fingerprint density at radius 1 is 1.44 bits per heavy atom. The van der Waals surface area contributed by atoms with E-state index in [1.165, 1.54) is 0 Å². The van der Waals surface area contributed by atoms with Crippen molar-refractivity contribution in [2.45, 2.75) is 25.8 Å². The van der Waals surface area contributed by atoms with E-state index in [1.54, 1.807) is 0 Å². The van der Waals surface area contributed by atoms with Crippen LogP contribution < -0.4 is 5.73 Å². The second kappa shape index (κ2) is 6.51. The Hall–Kier alpha value is -1.05. The van der Waals surface area contributed by atoms with Crippen molar-refractivity contribution in [3.05, 3.63) is 0 Å². The summed E-state index contributed by atoms with van der Waals surface area (Å²) in [5, 5.41) is 0. The first-order chi connectivity index (χ1) is 7.69. The van der Waals surface area contributed by atoms with Crippen LogP contribution in [0.2, 0.25) is 0 Å². The van der Waals surface area contributed by atoms with Crippen molar-refractivity contribution in [2.24, 2.45) is 5.73 Å². The van der Waals surface area contributed by atoms with Crippen LogP contribution in [0.5, 0.6) is 0 Å². The van der Waals surface area contributed by atoms with Crippen LogP contribution in [0.4, 0.5) is 0 Å². The fourth-order valence-corrected chi connectivity index (χ4v) is 1.92. The zero-order chi connectivity index (χ0) is 12.0. The molecule has 1 aliphatic rings. The molecule has 16 heavy (non-hydrogen) atoms. The molecule has 0 radical (unpaired) electrons. The third-order valence-corrected chi connectivity index (χ3v) is 2.92. The second-order valence-electron chi connectivity index (χ2n) is 4.20. The highest BCUT2D eigenvalue weighted by Crippen LogP contribution is 2.05. The predicted molar refractivity (Wildman–Crippen MR) is 64.7 cm³/mol. The monoisotopic (exact) mass is 223 g/mol. The topological polar surface area (TPSA) is 49.6 Å². The zero-order valence-electron chi connectivity index (χ0n) is 9.98. The highest BCUT2D eigenvalue weighted by molar-refractivity contribution is 5.81. The van der Waals surface area contributed by atoms with Gasteiger partial charge in [-0.3, -0.25) is 9.69 Å². The Labute approximate surface area is 97.8 Å². The van der Waals surface area contributed by atoms with Crippen molar-refractivity contribution in [2.75, 3.05) is 32.7 Å². The second-order valence-corrected chi connectivity index (χ2v) is 4.20. The van der Waals surface area contributed by atoms with Crippen LogP contribution in [-0.4, -0.2) is 54.5 Å². The number of carbonyl (C=O) groups excluding carboxylic acids is 1. The third kappa shape index (κ3) is 3.51. The molecule has 0 spiro atoms. The lowest BCUT2D eigenvalue weighted by Crippen LogP contribution is -2.53. The molecular weight excluding hydrogens is 202 g/mol. The highest BCUT2D eigenvalue weighted by Gasteiger charge is 2.24. The number of nitrogens with two attached hydrogens (primary N) is 1. The van der Waals surface area contributed by atoms with Crippen molar-refractivity contribution in [3.63, 3.8) is 0 Å². The first kappa shape index (κ1) is 13.0. The number of nitrogens with zero attached hydrogens (tertiary/aromatic N) is 2. The van der Waals surface area contributed by atoms with Crippen molar-refractivity contribution in [1.82, 2.24) is 9.80 Å². The minimum Gasteiger partial charge on any atom is -0.339 e. The van der Waals surface area contributed by atoms with E-state index < -0.39 is 0 Å². The fraction of sp³-hybridized carbons (Fsp3) is 0.750.